The van der Waals surface area contributed by atoms with Crippen molar-refractivity contribution in [2.45, 2.75) is 32.2 Å². The van der Waals surface area contributed by atoms with E-state index in [9.17, 15) is 4.79 Å². The monoisotopic (exact) mass is 369 g/mol. The molecule has 0 saturated carbocycles. The molecule has 1 fully saturated rings. The number of aromatic nitrogens is 1. The number of pyridine rings is 1. The summed E-state index contributed by atoms with van der Waals surface area (Å²) in [6.45, 7) is 2.59. The molecular weight excluding hydrogens is 342 g/mol. The minimum atomic E-state index is 0.0244. The van der Waals surface area contributed by atoms with Crippen LogP contribution in [0.25, 0.3) is 0 Å². The fourth-order valence-electron chi connectivity index (χ4n) is 3.25. The van der Waals surface area contributed by atoms with Crippen LogP contribution in [0.15, 0.2) is 36.5 Å². The van der Waals surface area contributed by atoms with Gasteiger partial charge in [0.2, 0.25) is 5.91 Å². The van der Waals surface area contributed by atoms with Gasteiger partial charge in [0.05, 0.1) is 14.2 Å². The second-order valence-electron chi connectivity index (χ2n) is 6.71. The molecule has 1 aromatic heterocycles. The second kappa shape index (κ2) is 9.26. The Bertz CT molecular complexity index is 751. The molecule has 0 bridgehead atoms. The second-order valence-corrected chi connectivity index (χ2v) is 6.71. The van der Waals surface area contributed by atoms with Gasteiger partial charge in [-0.15, -0.1) is 0 Å². The number of aryl methyl sites for hydroxylation is 1. The van der Waals surface area contributed by atoms with E-state index in [1.54, 1.807) is 14.2 Å². The van der Waals surface area contributed by atoms with Crippen LogP contribution in [-0.4, -0.2) is 38.2 Å². The van der Waals surface area contributed by atoms with E-state index in [0.717, 1.165) is 30.0 Å². The fourth-order valence-corrected chi connectivity index (χ4v) is 3.25. The molecule has 0 unspecified atom stereocenters. The maximum absolute atomic E-state index is 12.2. The molecule has 2 aromatic rings. The highest BCUT2D eigenvalue weighted by Crippen LogP contribution is 2.22. The zero-order valence-corrected chi connectivity index (χ0v) is 16.0. The smallest absolute Gasteiger partial charge is 0.220 e. The van der Waals surface area contributed by atoms with Gasteiger partial charge in [-0.05, 0) is 54.7 Å². The van der Waals surface area contributed by atoms with Gasteiger partial charge in [0, 0.05) is 38.3 Å². The van der Waals surface area contributed by atoms with Gasteiger partial charge in [-0.3, -0.25) is 4.79 Å². The molecule has 144 valence electrons. The Kier molecular flexibility index (Phi) is 6.52. The van der Waals surface area contributed by atoms with E-state index in [0.29, 0.717) is 30.9 Å². The normalized spacial score (nSPS) is 13.5. The lowest BCUT2D eigenvalue weighted by molar-refractivity contribution is -0.121. The van der Waals surface area contributed by atoms with Gasteiger partial charge < -0.3 is 19.7 Å². The molecule has 3 rings (SSSR count). The van der Waals surface area contributed by atoms with Crippen molar-refractivity contribution in [2.75, 3.05) is 32.2 Å². The summed E-state index contributed by atoms with van der Waals surface area (Å²) in [6.07, 6.45) is 5.44. The average molecular weight is 369 g/mol. The first-order valence-corrected chi connectivity index (χ1v) is 9.36. The maximum Gasteiger partial charge on any atom is 0.220 e. The zero-order valence-electron chi connectivity index (χ0n) is 16.0. The van der Waals surface area contributed by atoms with Gasteiger partial charge in [-0.1, -0.05) is 0 Å². The molecule has 0 aliphatic carbocycles. The predicted octanol–water partition coefficient (Wildman–Crippen LogP) is 2.95. The highest BCUT2D eigenvalue weighted by atomic mass is 16.5. The van der Waals surface area contributed by atoms with Crippen LogP contribution in [0.5, 0.6) is 11.5 Å². The van der Waals surface area contributed by atoms with Crippen molar-refractivity contribution >= 4 is 11.7 Å². The van der Waals surface area contributed by atoms with Crippen LogP contribution in [0.3, 0.4) is 0 Å². The Morgan fingerprint density at radius 1 is 1.07 bits per heavy atom. The highest BCUT2D eigenvalue weighted by Gasteiger charge is 2.14. The third-order valence-corrected chi connectivity index (χ3v) is 4.78. The lowest BCUT2D eigenvalue weighted by Crippen LogP contribution is -2.23. The fraction of sp³-hybridized carbons (Fsp3) is 0.429. The molecule has 1 aromatic carbocycles. The van der Waals surface area contributed by atoms with Crippen LogP contribution in [0.2, 0.25) is 0 Å². The molecule has 6 heteroatoms. The van der Waals surface area contributed by atoms with Crippen molar-refractivity contribution in [3.8, 4) is 11.5 Å². The van der Waals surface area contributed by atoms with Gasteiger partial charge in [-0.2, -0.15) is 0 Å². The predicted molar refractivity (Wildman–Crippen MR) is 105 cm³/mol. The van der Waals surface area contributed by atoms with Gasteiger partial charge >= 0.3 is 0 Å². The van der Waals surface area contributed by atoms with E-state index in [-0.39, 0.29) is 5.91 Å². The molecule has 6 nitrogen and oxygen atoms in total. The van der Waals surface area contributed by atoms with Crippen LogP contribution < -0.4 is 19.7 Å². The first-order chi connectivity index (χ1) is 13.2. The molecule has 1 amide bonds. The van der Waals surface area contributed by atoms with Crippen molar-refractivity contribution in [1.29, 1.82) is 0 Å². The number of carbonyl (C=O) groups is 1. The van der Waals surface area contributed by atoms with Crippen LogP contribution in [0, 0.1) is 0 Å². The van der Waals surface area contributed by atoms with Gasteiger partial charge in [-0.25, -0.2) is 4.98 Å². The SMILES string of the molecule is COc1cc(CNC(=O)CCc2ccnc(N3CCCC3)c2)cc(OC)c1. The number of anilines is 1. The summed E-state index contributed by atoms with van der Waals surface area (Å²) in [5.74, 6) is 2.47. The van der Waals surface area contributed by atoms with Crippen molar-refractivity contribution < 1.29 is 14.3 Å². The molecule has 0 spiro atoms. The highest BCUT2D eigenvalue weighted by molar-refractivity contribution is 5.76. The van der Waals surface area contributed by atoms with Crippen LogP contribution in [0.4, 0.5) is 5.82 Å². The summed E-state index contributed by atoms with van der Waals surface area (Å²) in [6, 6.07) is 9.69. The number of ether oxygens (including phenoxy) is 2. The van der Waals surface area contributed by atoms with Gasteiger partial charge in [0.25, 0.3) is 0 Å². The van der Waals surface area contributed by atoms with Crippen LogP contribution in [0.1, 0.15) is 30.4 Å². The minimum absolute atomic E-state index is 0.0244. The Labute approximate surface area is 160 Å². The summed E-state index contributed by atoms with van der Waals surface area (Å²) in [7, 11) is 3.23. The molecule has 0 atom stereocenters. The number of carbonyl (C=O) groups excluding carboxylic acids is 1. The largest absolute Gasteiger partial charge is 0.497 e. The van der Waals surface area contributed by atoms with Crippen molar-refractivity contribution in [1.82, 2.24) is 10.3 Å². The molecule has 0 radical (unpaired) electrons. The number of hydrogen-bond donors (Lipinski definition) is 1. The molecule has 2 heterocycles. The van der Waals surface area contributed by atoms with Gasteiger partial charge in [0.1, 0.15) is 17.3 Å². The number of rotatable bonds is 8. The van der Waals surface area contributed by atoms with Crippen LogP contribution >= 0.6 is 0 Å². The molecular formula is C21H27N3O3. The number of methoxy groups -OCH3 is 2. The molecule has 1 aliphatic rings. The molecule has 1 aliphatic heterocycles. The average Bonchev–Trinajstić information content (AvgIpc) is 3.25. The minimum Gasteiger partial charge on any atom is -0.497 e. The van der Waals surface area contributed by atoms with E-state index < -0.39 is 0 Å². The maximum atomic E-state index is 12.2. The summed E-state index contributed by atoms with van der Waals surface area (Å²) in [5, 5.41) is 2.97. The summed E-state index contributed by atoms with van der Waals surface area (Å²) in [5.41, 5.74) is 2.09. The summed E-state index contributed by atoms with van der Waals surface area (Å²) in [4.78, 5) is 19.0. The number of hydrogen-bond acceptors (Lipinski definition) is 5. The number of nitrogens with one attached hydrogen (secondary N) is 1. The van der Waals surface area contributed by atoms with Crippen LogP contribution in [-0.2, 0) is 17.8 Å². The van der Waals surface area contributed by atoms with E-state index in [2.05, 4.69) is 21.3 Å². The number of benzene rings is 1. The topological polar surface area (TPSA) is 63.7 Å². The van der Waals surface area contributed by atoms with E-state index in [1.165, 1.54) is 12.8 Å². The van der Waals surface area contributed by atoms with Gasteiger partial charge in [0.15, 0.2) is 0 Å². The standard InChI is InChI=1S/C21H27N3O3/c1-26-18-11-17(12-19(14-18)27-2)15-23-21(25)6-5-16-7-8-22-20(13-16)24-9-3-4-10-24/h7-8,11-14H,3-6,9-10,15H2,1-2H3,(H,23,25). The Hall–Kier alpha value is -2.76. The lowest BCUT2D eigenvalue weighted by Gasteiger charge is -2.16. The van der Waals surface area contributed by atoms with E-state index in [4.69, 9.17) is 9.47 Å². The van der Waals surface area contributed by atoms with Crippen molar-refractivity contribution in [3.63, 3.8) is 0 Å². The zero-order chi connectivity index (χ0) is 19.1. The summed E-state index contributed by atoms with van der Waals surface area (Å²) < 4.78 is 10.5. The third kappa shape index (κ3) is 5.36. The first kappa shape index (κ1) is 19.0. The Balaban J connectivity index is 1.51. The molecule has 27 heavy (non-hydrogen) atoms. The van der Waals surface area contributed by atoms with E-state index in [1.807, 2.05) is 30.5 Å². The molecule has 1 N–H and O–H groups in total. The van der Waals surface area contributed by atoms with E-state index >= 15 is 0 Å². The van der Waals surface area contributed by atoms with Crippen molar-refractivity contribution in [3.05, 3.63) is 47.7 Å². The first-order valence-electron chi connectivity index (χ1n) is 9.36. The van der Waals surface area contributed by atoms with Crippen molar-refractivity contribution in [2.24, 2.45) is 0 Å². The number of nitrogens with zero attached hydrogens (tertiary/aromatic N) is 2. The Morgan fingerprint density at radius 2 is 1.78 bits per heavy atom. The number of amides is 1. The molecule has 1 saturated heterocycles. The Morgan fingerprint density at radius 3 is 2.44 bits per heavy atom. The lowest BCUT2D eigenvalue weighted by atomic mass is 10.1. The quantitative estimate of drug-likeness (QED) is 0.775. The third-order valence-electron chi connectivity index (χ3n) is 4.78. The summed E-state index contributed by atoms with van der Waals surface area (Å²) >= 11 is 0.